The minimum Gasteiger partial charge on any atom is -0.175 e. The molecule has 0 N–H and O–H groups in total. The zero-order valence-corrected chi connectivity index (χ0v) is 8.86. The topological polar surface area (TPSA) is 0 Å². The van der Waals surface area contributed by atoms with Crippen molar-refractivity contribution in [3.8, 4) is 0 Å². The van der Waals surface area contributed by atoms with Gasteiger partial charge in [0, 0.05) is 5.75 Å². The Kier molecular flexibility index (Phi) is 2.84. The van der Waals surface area contributed by atoms with Crippen LogP contribution in [-0.2, 0) is 11.2 Å². The Labute approximate surface area is 80.4 Å². The highest BCUT2D eigenvalue weighted by molar-refractivity contribution is 7.79. The van der Waals surface area contributed by atoms with E-state index in [9.17, 15) is 0 Å². The third-order valence-electron chi connectivity index (χ3n) is 1.98. The van der Waals surface area contributed by atoms with Gasteiger partial charge in [0.2, 0.25) is 0 Å². The predicted molar refractivity (Wildman–Crippen MR) is 57.8 cm³/mol. The van der Waals surface area contributed by atoms with Crippen LogP contribution < -0.4 is 0 Å². The van der Waals surface area contributed by atoms with Gasteiger partial charge in [-0.3, -0.25) is 0 Å². The molecule has 1 aromatic rings. The normalized spacial score (nSPS) is 11.7. The van der Waals surface area contributed by atoms with Crippen LogP contribution in [-0.4, -0.2) is 0 Å². The van der Waals surface area contributed by atoms with Gasteiger partial charge in [0.05, 0.1) is 0 Å². The summed E-state index contributed by atoms with van der Waals surface area (Å²) in [6.45, 7) is 6.68. The molecule has 0 nitrogen and oxygen atoms in total. The SMILES string of the molecule is CC(C)(C)c1cccc(CS)c1. The smallest absolute Gasteiger partial charge is 0.0154 e. The Hall–Kier alpha value is -0.430. The number of benzene rings is 1. The highest BCUT2D eigenvalue weighted by Gasteiger charge is 2.12. The number of rotatable bonds is 1. The van der Waals surface area contributed by atoms with E-state index in [1.807, 2.05) is 0 Å². The van der Waals surface area contributed by atoms with Crippen molar-refractivity contribution in [2.75, 3.05) is 0 Å². The zero-order valence-electron chi connectivity index (χ0n) is 7.96. The Balaban J connectivity index is 3.02. The van der Waals surface area contributed by atoms with Crippen molar-refractivity contribution in [2.24, 2.45) is 0 Å². The minimum atomic E-state index is 0.249. The van der Waals surface area contributed by atoms with Gasteiger partial charge in [0.25, 0.3) is 0 Å². The van der Waals surface area contributed by atoms with Crippen LogP contribution in [0.5, 0.6) is 0 Å². The van der Waals surface area contributed by atoms with Crippen LogP contribution >= 0.6 is 12.6 Å². The molecule has 0 fully saturated rings. The molecule has 0 aliphatic rings. The van der Waals surface area contributed by atoms with Crippen LogP contribution in [0.2, 0.25) is 0 Å². The molecule has 0 aliphatic heterocycles. The second kappa shape index (κ2) is 3.53. The van der Waals surface area contributed by atoms with Gasteiger partial charge in [-0.05, 0) is 16.5 Å². The molecule has 0 bridgehead atoms. The first-order valence-electron chi connectivity index (χ1n) is 4.24. The summed E-state index contributed by atoms with van der Waals surface area (Å²) in [5.41, 5.74) is 2.93. The quantitative estimate of drug-likeness (QED) is 0.629. The van der Waals surface area contributed by atoms with Gasteiger partial charge in [-0.25, -0.2) is 0 Å². The van der Waals surface area contributed by atoms with Gasteiger partial charge in [0.15, 0.2) is 0 Å². The van der Waals surface area contributed by atoms with E-state index in [0.29, 0.717) is 0 Å². The molecule has 12 heavy (non-hydrogen) atoms. The fourth-order valence-corrected chi connectivity index (χ4v) is 1.33. The number of hydrogen-bond acceptors (Lipinski definition) is 1. The molecular weight excluding hydrogens is 164 g/mol. The van der Waals surface area contributed by atoms with Gasteiger partial charge in [-0.2, -0.15) is 12.6 Å². The lowest BCUT2D eigenvalue weighted by molar-refractivity contribution is 0.589. The fourth-order valence-electron chi connectivity index (χ4n) is 1.14. The van der Waals surface area contributed by atoms with Crippen LogP contribution in [0.15, 0.2) is 24.3 Å². The predicted octanol–water partition coefficient (Wildman–Crippen LogP) is 3.41. The third-order valence-corrected chi connectivity index (χ3v) is 2.34. The molecular formula is C11H16S. The fraction of sp³-hybridized carbons (Fsp3) is 0.455. The van der Waals surface area contributed by atoms with Crippen LogP contribution in [0.1, 0.15) is 31.9 Å². The monoisotopic (exact) mass is 180 g/mol. The van der Waals surface area contributed by atoms with Crippen molar-refractivity contribution >= 4 is 12.6 Å². The largest absolute Gasteiger partial charge is 0.175 e. The molecule has 0 spiro atoms. The second-order valence-corrected chi connectivity index (χ2v) is 4.42. The maximum absolute atomic E-state index is 4.25. The zero-order chi connectivity index (χ0) is 9.19. The van der Waals surface area contributed by atoms with Crippen LogP contribution in [0.25, 0.3) is 0 Å². The van der Waals surface area contributed by atoms with Crippen molar-refractivity contribution in [1.29, 1.82) is 0 Å². The van der Waals surface area contributed by atoms with E-state index < -0.39 is 0 Å². The first-order chi connectivity index (χ1) is 5.54. The highest BCUT2D eigenvalue weighted by Crippen LogP contribution is 2.23. The Morgan fingerprint density at radius 1 is 1.25 bits per heavy atom. The number of thiol groups is 1. The Bertz CT molecular complexity index is 258. The molecule has 1 heteroatoms. The summed E-state index contributed by atoms with van der Waals surface area (Å²) in [7, 11) is 0. The van der Waals surface area contributed by atoms with Gasteiger partial charge in [-0.15, -0.1) is 0 Å². The second-order valence-electron chi connectivity index (χ2n) is 4.11. The van der Waals surface area contributed by atoms with E-state index in [-0.39, 0.29) is 5.41 Å². The maximum atomic E-state index is 4.25. The third kappa shape index (κ3) is 2.28. The van der Waals surface area contributed by atoms with E-state index in [4.69, 9.17) is 0 Å². The average Bonchev–Trinajstić information content (AvgIpc) is 2.03. The first-order valence-corrected chi connectivity index (χ1v) is 4.87. The molecule has 0 amide bonds. The van der Waals surface area contributed by atoms with Crippen LogP contribution in [0.4, 0.5) is 0 Å². The summed E-state index contributed by atoms with van der Waals surface area (Å²) in [5, 5.41) is 0. The molecule has 1 aromatic carbocycles. The maximum Gasteiger partial charge on any atom is 0.0154 e. The number of hydrogen-bond donors (Lipinski definition) is 1. The lowest BCUT2D eigenvalue weighted by atomic mass is 9.86. The summed E-state index contributed by atoms with van der Waals surface area (Å²) in [5.74, 6) is 0.823. The molecule has 0 aliphatic carbocycles. The Morgan fingerprint density at radius 3 is 2.42 bits per heavy atom. The summed E-state index contributed by atoms with van der Waals surface area (Å²) in [6.07, 6.45) is 0. The molecule has 0 radical (unpaired) electrons. The van der Waals surface area contributed by atoms with Gasteiger partial charge in [0.1, 0.15) is 0 Å². The molecule has 0 saturated carbocycles. The molecule has 0 saturated heterocycles. The summed E-state index contributed by atoms with van der Waals surface area (Å²) in [6, 6.07) is 8.62. The highest BCUT2D eigenvalue weighted by atomic mass is 32.1. The molecule has 0 aromatic heterocycles. The van der Waals surface area contributed by atoms with Crippen molar-refractivity contribution < 1.29 is 0 Å². The summed E-state index contributed by atoms with van der Waals surface area (Å²) >= 11 is 4.25. The van der Waals surface area contributed by atoms with E-state index in [1.165, 1.54) is 11.1 Å². The summed E-state index contributed by atoms with van der Waals surface area (Å²) in [4.78, 5) is 0. The first kappa shape index (κ1) is 9.66. The molecule has 66 valence electrons. The standard InChI is InChI=1S/C11H16S/c1-11(2,3)10-6-4-5-9(7-10)8-12/h4-7,12H,8H2,1-3H3. The average molecular weight is 180 g/mol. The van der Waals surface area contributed by atoms with Gasteiger partial charge >= 0.3 is 0 Å². The van der Waals surface area contributed by atoms with E-state index in [1.54, 1.807) is 0 Å². The van der Waals surface area contributed by atoms with Crippen molar-refractivity contribution in [3.05, 3.63) is 35.4 Å². The van der Waals surface area contributed by atoms with E-state index in [0.717, 1.165) is 5.75 Å². The van der Waals surface area contributed by atoms with Crippen molar-refractivity contribution in [1.82, 2.24) is 0 Å². The lowest BCUT2D eigenvalue weighted by Crippen LogP contribution is -2.10. The van der Waals surface area contributed by atoms with Gasteiger partial charge in [-0.1, -0.05) is 45.0 Å². The van der Waals surface area contributed by atoms with E-state index in [2.05, 4.69) is 57.7 Å². The minimum absolute atomic E-state index is 0.249. The van der Waals surface area contributed by atoms with Crippen LogP contribution in [0, 0.1) is 0 Å². The van der Waals surface area contributed by atoms with Crippen molar-refractivity contribution in [2.45, 2.75) is 31.9 Å². The molecule has 1 rings (SSSR count). The summed E-state index contributed by atoms with van der Waals surface area (Å²) < 4.78 is 0. The molecule has 0 atom stereocenters. The van der Waals surface area contributed by atoms with Crippen LogP contribution in [0.3, 0.4) is 0 Å². The molecule has 0 unspecified atom stereocenters. The lowest BCUT2D eigenvalue weighted by Gasteiger charge is -2.19. The Morgan fingerprint density at radius 2 is 1.92 bits per heavy atom. The van der Waals surface area contributed by atoms with Gasteiger partial charge < -0.3 is 0 Å². The van der Waals surface area contributed by atoms with Crippen molar-refractivity contribution in [3.63, 3.8) is 0 Å². The van der Waals surface area contributed by atoms with E-state index >= 15 is 0 Å². The molecule has 0 heterocycles.